The van der Waals surface area contributed by atoms with Crippen LogP contribution in [-0.2, 0) is 21.4 Å². The summed E-state index contributed by atoms with van der Waals surface area (Å²) < 4.78 is 28.6. The average molecular weight is 522 g/mol. The molecule has 37 heavy (non-hydrogen) atoms. The van der Waals surface area contributed by atoms with Crippen LogP contribution in [0.4, 0.5) is 11.6 Å². The lowest BCUT2D eigenvalue weighted by molar-refractivity contribution is -0.117. The molecular weight excluding hydrogens is 494 g/mol. The van der Waals surface area contributed by atoms with Crippen molar-refractivity contribution in [2.24, 2.45) is 10.9 Å². The maximum Gasteiger partial charge on any atom is 0.245 e. The third-order valence-corrected chi connectivity index (χ3v) is 6.28. The molecule has 2 aromatic carbocycles. The zero-order valence-corrected chi connectivity index (χ0v) is 21.1. The summed E-state index contributed by atoms with van der Waals surface area (Å²) in [4.78, 5) is 25.6. The summed E-state index contributed by atoms with van der Waals surface area (Å²) in [6, 6.07) is 16.6. The summed E-state index contributed by atoms with van der Waals surface area (Å²) in [6.07, 6.45) is 0. The van der Waals surface area contributed by atoms with E-state index < -0.39 is 16.1 Å². The van der Waals surface area contributed by atoms with E-state index >= 15 is 0 Å². The number of pyridine rings is 1. The summed E-state index contributed by atoms with van der Waals surface area (Å²) in [5.74, 6) is 0.414. The molecule has 0 saturated carbocycles. The van der Waals surface area contributed by atoms with E-state index in [4.69, 9.17) is 20.6 Å². The minimum atomic E-state index is -3.75. The monoisotopic (exact) mass is 521 g/mol. The first kappa shape index (κ1) is 25.9. The molecule has 192 valence electrons. The van der Waals surface area contributed by atoms with E-state index in [-0.39, 0.29) is 10.8 Å². The number of benzene rings is 2. The molecule has 0 aliphatic rings. The Morgan fingerprint density at radius 2 is 1.70 bits per heavy atom. The van der Waals surface area contributed by atoms with Crippen molar-refractivity contribution in [1.82, 2.24) is 15.0 Å². The fourth-order valence-corrected chi connectivity index (χ4v) is 3.94. The van der Waals surface area contributed by atoms with Crippen molar-refractivity contribution in [3.05, 3.63) is 66.2 Å². The summed E-state index contributed by atoms with van der Waals surface area (Å²) >= 11 is 0. The van der Waals surface area contributed by atoms with Gasteiger partial charge in [-0.25, -0.2) is 23.5 Å². The van der Waals surface area contributed by atoms with Crippen LogP contribution in [0, 0.1) is 0 Å². The SMILES string of the molecule is CCOc1nc(NCc2ccc(S(N)(=O)=O)cc2)nc2ccc(-c3ccc(NC(=O)C(C)N)cc3)nc12. The Kier molecular flexibility index (Phi) is 7.62. The molecule has 11 nitrogen and oxygen atoms in total. The van der Waals surface area contributed by atoms with Gasteiger partial charge in [0.05, 0.1) is 28.8 Å². The quantitative estimate of drug-likeness (QED) is 0.258. The van der Waals surface area contributed by atoms with Crippen LogP contribution in [0.5, 0.6) is 5.88 Å². The molecule has 2 heterocycles. The maximum absolute atomic E-state index is 11.8. The van der Waals surface area contributed by atoms with Crippen LogP contribution in [0.15, 0.2) is 65.6 Å². The second-order valence-corrected chi connectivity index (χ2v) is 9.81. The Morgan fingerprint density at radius 3 is 2.32 bits per heavy atom. The molecule has 4 rings (SSSR count). The van der Waals surface area contributed by atoms with Crippen LogP contribution in [-0.4, -0.2) is 41.9 Å². The number of carbonyl (C=O) groups is 1. The number of hydrogen-bond acceptors (Lipinski definition) is 9. The molecule has 0 fully saturated rings. The number of amides is 1. The molecule has 1 amide bonds. The van der Waals surface area contributed by atoms with Crippen molar-refractivity contribution in [2.45, 2.75) is 31.3 Å². The standard InChI is InChI=1S/C25H27N7O4S/c1-3-36-24-22-21(31-25(32-24)28-14-16-4-10-19(11-5-16)37(27,34)35)13-12-20(30-22)17-6-8-18(9-7-17)29-23(33)15(2)26/h4-13,15H,3,14,26H2,1-2H3,(H,29,33)(H2,27,34,35)(H,28,31,32). The van der Waals surface area contributed by atoms with Gasteiger partial charge in [-0.15, -0.1) is 0 Å². The Morgan fingerprint density at radius 1 is 1.00 bits per heavy atom. The molecule has 1 unspecified atom stereocenters. The van der Waals surface area contributed by atoms with E-state index in [2.05, 4.69) is 20.6 Å². The van der Waals surface area contributed by atoms with Gasteiger partial charge >= 0.3 is 0 Å². The number of nitrogens with zero attached hydrogens (tertiary/aromatic N) is 3. The molecule has 0 bridgehead atoms. The number of rotatable bonds is 9. The lowest BCUT2D eigenvalue weighted by atomic mass is 10.1. The summed E-state index contributed by atoms with van der Waals surface area (Å²) in [6.45, 7) is 4.22. The number of nitrogens with two attached hydrogens (primary N) is 2. The lowest BCUT2D eigenvalue weighted by Crippen LogP contribution is -2.32. The first-order valence-corrected chi connectivity index (χ1v) is 13.0. The van der Waals surface area contributed by atoms with E-state index in [1.165, 1.54) is 12.1 Å². The van der Waals surface area contributed by atoms with Crippen LogP contribution in [0.25, 0.3) is 22.3 Å². The molecular formula is C25H27N7O4S. The van der Waals surface area contributed by atoms with E-state index in [0.29, 0.717) is 47.4 Å². The van der Waals surface area contributed by atoms with Gasteiger partial charge in [-0.1, -0.05) is 24.3 Å². The highest BCUT2D eigenvalue weighted by Gasteiger charge is 2.13. The van der Waals surface area contributed by atoms with Gasteiger partial charge in [0.25, 0.3) is 0 Å². The van der Waals surface area contributed by atoms with E-state index in [0.717, 1.165) is 11.1 Å². The minimum Gasteiger partial charge on any atom is -0.476 e. The average Bonchev–Trinajstić information content (AvgIpc) is 2.87. The Balaban J connectivity index is 1.56. The molecule has 6 N–H and O–H groups in total. The molecule has 1 atom stereocenters. The van der Waals surface area contributed by atoms with Crippen LogP contribution in [0.2, 0.25) is 0 Å². The third kappa shape index (κ3) is 6.36. The number of carbonyl (C=O) groups excluding carboxylic acids is 1. The van der Waals surface area contributed by atoms with Crippen molar-refractivity contribution in [3.63, 3.8) is 0 Å². The zero-order chi connectivity index (χ0) is 26.6. The van der Waals surface area contributed by atoms with E-state index in [1.54, 1.807) is 31.2 Å². The number of fused-ring (bicyclic) bond motifs is 1. The normalized spacial score (nSPS) is 12.2. The third-order valence-electron chi connectivity index (χ3n) is 5.36. The van der Waals surface area contributed by atoms with Gasteiger partial charge < -0.3 is 21.1 Å². The lowest BCUT2D eigenvalue weighted by Gasteiger charge is -2.12. The highest BCUT2D eigenvalue weighted by atomic mass is 32.2. The predicted octanol–water partition coefficient (Wildman–Crippen LogP) is 2.64. The van der Waals surface area contributed by atoms with Gasteiger partial charge in [0.2, 0.25) is 27.8 Å². The molecule has 0 aliphatic heterocycles. The minimum absolute atomic E-state index is 0.0447. The van der Waals surface area contributed by atoms with Crippen LogP contribution >= 0.6 is 0 Å². The topological polar surface area (TPSA) is 175 Å². The van der Waals surface area contributed by atoms with Gasteiger partial charge in [-0.2, -0.15) is 4.98 Å². The van der Waals surface area contributed by atoms with E-state index in [9.17, 15) is 13.2 Å². The highest BCUT2D eigenvalue weighted by molar-refractivity contribution is 7.89. The van der Waals surface area contributed by atoms with E-state index in [1.807, 2.05) is 31.2 Å². The zero-order valence-electron chi connectivity index (χ0n) is 20.3. The van der Waals surface area contributed by atoms with Gasteiger partial charge in [0.15, 0.2) is 5.52 Å². The summed E-state index contributed by atoms with van der Waals surface area (Å²) in [5, 5.41) is 11.0. The van der Waals surface area contributed by atoms with Gasteiger partial charge in [-0.05, 0) is 55.8 Å². The fraction of sp³-hybridized carbons (Fsp3) is 0.200. The molecule has 4 aromatic rings. The van der Waals surface area contributed by atoms with Crippen LogP contribution in [0.1, 0.15) is 19.4 Å². The van der Waals surface area contributed by atoms with Crippen molar-refractivity contribution in [2.75, 3.05) is 17.2 Å². The number of primary sulfonamides is 1. The second-order valence-electron chi connectivity index (χ2n) is 8.25. The summed E-state index contributed by atoms with van der Waals surface area (Å²) in [7, 11) is -3.75. The first-order valence-electron chi connectivity index (χ1n) is 11.5. The predicted molar refractivity (Wildman–Crippen MR) is 141 cm³/mol. The number of hydrogen-bond donors (Lipinski definition) is 4. The molecule has 0 saturated heterocycles. The Hall–Kier alpha value is -4.13. The fourth-order valence-electron chi connectivity index (χ4n) is 3.42. The molecule has 2 aromatic heterocycles. The van der Waals surface area contributed by atoms with Gasteiger partial charge in [-0.3, -0.25) is 4.79 Å². The van der Waals surface area contributed by atoms with Crippen molar-refractivity contribution in [3.8, 4) is 17.1 Å². The van der Waals surface area contributed by atoms with Gasteiger partial charge in [0.1, 0.15) is 0 Å². The maximum atomic E-state index is 11.8. The molecule has 0 aliphatic carbocycles. The van der Waals surface area contributed by atoms with Crippen molar-refractivity contribution >= 4 is 38.6 Å². The molecule has 0 spiro atoms. The molecule has 0 radical (unpaired) electrons. The van der Waals surface area contributed by atoms with Crippen molar-refractivity contribution < 1.29 is 17.9 Å². The number of ether oxygens (including phenoxy) is 1. The highest BCUT2D eigenvalue weighted by Crippen LogP contribution is 2.27. The number of aromatic nitrogens is 3. The van der Waals surface area contributed by atoms with Crippen molar-refractivity contribution in [1.29, 1.82) is 0 Å². The first-order chi connectivity index (χ1) is 17.6. The second kappa shape index (κ2) is 10.9. The Bertz CT molecular complexity index is 1520. The van der Waals surface area contributed by atoms with Crippen LogP contribution < -0.4 is 26.2 Å². The van der Waals surface area contributed by atoms with Crippen LogP contribution in [0.3, 0.4) is 0 Å². The number of sulfonamides is 1. The largest absolute Gasteiger partial charge is 0.476 e. The summed E-state index contributed by atoms with van der Waals surface area (Å²) in [5.41, 5.74) is 9.70. The number of nitrogens with one attached hydrogen (secondary N) is 2. The molecule has 12 heteroatoms. The Labute approximate surface area is 214 Å². The smallest absolute Gasteiger partial charge is 0.245 e. The van der Waals surface area contributed by atoms with Gasteiger partial charge in [0, 0.05) is 17.8 Å². The number of anilines is 2.